The molecule has 2 aliphatic rings. The van der Waals surface area contributed by atoms with Crippen molar-refractivity contribution in [2.24, 2.45) is 5.16 Å². The number of aromatic amines is 1. The highest BCUT2D eigenvalue weighted by Crippen LogP contribution is 2.56. The summed E-state index contributed by atoms with van der Waals surface area (Å²) in [6.07, 6.45) is 0.926. The second-order valence-corrected chi connectivity index (χ2v) is 24.7. The van der Waals surface area contributed by atoms with Gasteiger partial charge in [0.1, 0.15) is 33.4 Å². The molecule has 15 nitrogen and oxygen atoms in total. The largest absolute Gasteiger partial charge is 0.477 e. The highest BCUT2D eigenvalue weighted by atomic mass is 32.2. The number of carbonyl (C=O) groups is 4. The molecule has 1 fully saturated rings. The molecule has 2 aliphatic heterocycles. The number of carboxylic acids is 1. The van der Waals surface area contributed by atoms with Gasteiger partial charge in [0.15, 0.2) is 16.9 Å². The minimum absolute atomic E-state index is 0.0713. The number of H-pyrrole nitrogens is 1. The first-order chi connectivity index (χ1) is 42.7. The lowest BCUT2D eigenvalue weighted by atomic mass is 9.70. The SMILES string of the molecule is O=C(CO/N=C(/C(=O)N[C@@H]1C(=O)N2C(C(=O)O)=C(SC(Sc3c[nH]nn3)C(c3ccccc3)(c3ccccc3)c3ccccc3)CS[C@H]12)c1csc(NC(c2ccccc2)(c2ccccc2)c2ccccc2)n1)OC(c1ccccc1)c1ccccc1. The number of carbonyl (C=O) groups excluding carboxylic acids is 3. The number of nitrogens with zero attached hydrogens (tertiary/aromatic N) is 5. The first-order valence-corrected chi connectivity index (χ1v) is 31.4. The maximum atomic E-state index is 15.0. The van der Waals surface area contributed by atoms with Gasteiger partial charge in [-0.1, -0.05) is 265 Å². The number of hydrogen-bond acceptors (Lipinski definition) is 15. The molecule has 4 heterocycles. The summed E-state index contributed by atoms with van der Waals surface area (Å²) in [7, 11) is 0. The van der Waals surface area contributed by atoms with Gasteiger partial charge in [-0.2, -0.15) is 0 Å². The summed E-state index contributed by atoms with van der Waals surface area (Å²) < 4.78 is 5.48. The number of carboxylic acid groups (broad SMARTS) is 1. The molecule has 0 saturated carbocycles. The van der Waals surface area contributed by atoms with Crippen molar-refractivity contribution in [1.29, 1.82) is 0 Å². The zero-order valence-corrected chi connectivity index (χ0v) is 49.5. The van der Waals surface area contributed by atoms with Crippen LogP contribution in [0.15, 0.2) is 275 Å². The number of thiazole rings is 1. The van der Waals surface area contributed by atoms with Gasteiger partial charge < -0.3 is 25.3 Å². The summed E-state index contributed by atoms with van der Waals surface area (Å²) in [5.74, 6) is -3.40. The summed E-state index contributed by atoms with van der Waals surface area (Å²) >= 11 is 5.34. The van der Waals surface area contributed by atoms with Crippen LogP contribution in [0, 0.1) is 0 Å². The summed E-state index contributed by atoms with van der Waals surface area (Å²) in [4.78, 5) is 69.7. The van der Waals surface area contributed by atoms with Crippen LogP contribution in [0.2, 0.25) is 0 Å². The van der Waals surface area contributed by atoms with Crippen LogP contribution in [0.25, 0.3) is 0 Å². The number of anilines is 1. The van der Waals surface area contributed by atoms with E-state index in [1.165, 1.54) is 51.5 Å². The minimum atomic E-state index is -1.31. The van der Waals surface area contributed by atoms with Crippen molar-refractivity contribution in [2.45, 2.75) is 38.1 Å². The number of ether oxygens (including phenoxy) is 1. The molecule has 3 atom stereocenters. The third kappa shape index (κ3) is 11.9. The summed E-state index contributed by atoms with van der Waals surface area (Å²) in [5.41, 5.74) is 4.68. The number of hydrogen-bond donors (Lipinski definition) is 4. The van der Waals surface area contributed by atoms with Gasteiger partial charge in [0.05, 0.1) is 16.2 Å². The van der Waals surface area contributed by atoms with Gasteiger partial charge in [0, 0.05) is 16.0 Å². The van der Waals surface area contributed by atoms with E-state index in [-0.39, 0.29) is 22.9 Å². The zero-order valence-electron chi connectivity index (χ0n) is 46.2. The highest BCUT2D eigenvalue weighted by molar-refractivity contribution is 8.19. The minimum Gasteiger partial charge on any atom is -0.477 e. The number of oxime groups is 1. The number of nitrogens with one attached hydrogen (secondary N) is 3. The molecule has 2 aromatic heterocycles. The second-order valence-electron chi connectivity index (χ2n) is 20.1. The van der Waals surface area contributed by atoms with E-state index >= 15 is 4.79 Å². The number of rotatable bonds is 23. The van der Waals surface area contributed by atoms with E-state index in [4.69, 9.17) is 14.6 Å². The number of amides is 2. The predicted molar refractivity (Wildman–Crippen MR) is 341 cm³/mol. The van der Waals surface area contributed by atoms with Crippen molar-refractivity contribution in [3.8, 4) is 0 Å². The van der Waals surface area contributed by atoms with Gasteiger partial charge in [-0.05, 0) is 44.5 Å². The Morgan fingerprint density at radius 1 is 0.667 bits per heavy atom. The van der Waals surface area contributed by atoms with Gasteiger partial charge in [-0.25, -0.2) is 14.6 Å². The lowest BCUT2D eigenvalue weighted by Crippen LogP contribution is -2.71. The van der Waals surface area contributed by atoms with Crippen molar-refractivity contribution in [3.63, 3.8) is 0 Å². The average molecular weight is 1220 g/mol. The monoisotopic (exact) mass is 1220 g/mol. The molecular formula is C68H54N8O7S4. The molecule has 2 amide bonds. The van der Waals surface area contributed by atoms with Gasteiger partial charge in [-0.3, -0.25) is 19.6 Å². The fourth-order valence-electron chi connectivity index (χ4n) is 11.1. The second kappa shape index (κ2) is 26.4. The molecule has 0 bridgehead atoms. The Bertz CT molecular complexity index is 3810. The maximum Gasteiger partial charge on any atom is 0.353 e. The molecule has 0 aliphatic carbocycles. The smallest absolute Gasteiger partial charge is 0.353 e. The molecule has 10 aromatic rings. The Hall–Kier alpha value is -9.53. The molecule has 87 heavy (non-hydrogen) atoms. The van der Waals surface area contributed by atoms with Gasteiger partial charge in [-0.15, -0.1) is 40.0 Å². The van der Waals surface area contributed by atoms with Crippen LogP contribution in [0.3, 0.4) is 0 Å². The van der Waals surface area contributed by atoms with E-state index in [1.807, 2.05) is 206 Å². The van der Waals surface area contributed by atoms with E-state index in [2.05, 4.69) is 67.6 Å². The van der Waals surface area contributed by atoms with Crippen LogP contribution in [-0.2, 0) is 39.7 Å². The molecule has 8 aromatic carbocycles. The van der Waals surface area contributed by atoms with E-state index in [9.17, 15) is 19.5 Å². The van der Waals surface area contributed by atoms with Crippen LogP contribution in [0.5, 0.6) is 0 Å². The van der Waals surface area contributed by atoms with Crippen LogP contribution < -0.4 is 10.6 Å². The quantitative estimate of drug-likeness (QED) is 0.00896. The summed E-state index contributed by atoms with van der Waals surface area (Å²) in [6, 6.07) is 77.4. The molecule has 0 spiro atoms. The van der Waals surface area contributed by atoms with Crippen molar-refractivity contribution in [1.82, 2.24) is 30.6 Å². The zero-order chi connectivity index (χ0) is 59.6. The van der Waals surface area contributed by atoms with Crippen molar-refractivity contribution in [3.05, 3.63) is 315 Å². The Morgan fingerprint density at radius 2 is 1.14 bits per heavy atom. The Labute approximate surface area is 518 Å². The molecule has 432 valence electrons. The van der Waals surface area contributed by atoms with Crippen LogP contribution in [0.4, 0.5) is 5.13 Å². The van der Waals surface area contributed by atoms with Gasteiger partial charge in [0.2, 0.25) is 6.61 Å². The Morgan fingerprint density at radius 3 is 1.60 bits per heavy atom. The highest BCUT2D eigenvalue weighted by Gasteiger charge is 2.56. The average Bonchev–Trinajstić information content (AvgIpc) is 1.54. The maximum absolute atomic E-state index is 15.0. The van der Waals surface area contributed by atoms with Gasteiger partial charge >= 0.3 is 11.9 Å². The van der Waals surface area contributed by atoms with Crippen LogP contribution in [-0.4, -0.2) is 88.2 Å². The summed E-state index contributed by atoms with van der Waals surface area (Å²) in [5, 5.41) is 35.2. The molecule has 0 radical (unpaired) electrons. The first-order valence-electron chi connectivity index (χ1n) is 27.7. The number of aliphatic carboxylic acids is 1. The molecular weight excluding hydrogens is 1170 g/mol. The molecule has 12 rings (SSSR count). The Kier molecular flexibility index (Phi) is 17.6. The number of thioether (sulfide) groups is 3. The first kappa shape index (κ1) is 57.9. The third-order valence-electron chi connectivity index (χ3n) is 15.0. The summed E-state index contributed by atoms with van der Waals surface area (Å²) in [6.45, 7) is -0.695. The van der Waals surface area contributed by atoms with Crippen LogP contribution >= 0.6 is 46.6 Å². The Balaban J connectivity index is 0.871. The predicted octanol–water partition coefficient (Wildman–Crippen LogP) is 12.3. The van der Waals surface area contributed by atoms with Crippen molar-refractivity contribution in [2.75, 3.05) is 17.7 Å². The van der Waals surface area contributed by atoms with Gasteiger partial charge in [0.25, 0.3) is 11.8 Å². The number of β-lactam (4-membered cyclic amide) rings is 1. The number of benzene rings is 8. The number of fused-ring (bicyclic) bond motifs is 1. The molecule has 1 saturated heterocycles. The van der Waals surface area contributed by atoms with E-state index < -0.39 is 63.4 Å². The topological polar surface area (TPSA) is 201 Å². The third-order valence-corrected chi connectivity index (χ3v) is 20.0. The number of esters is 1. The fraction of sp³-hybridized carbons (Fsp3) is 0.118. The van der Waals surface area contributed by atoms with Crippen LogP contribution in [0.1, 0.15) is 56.3 Å². The molecule has 19 heteroatoms. The fourth-order valence-corrected chi connectivity index (χ4v) is 16.5. The van der Waals surface area contributed by atoms with E-state index in [0.29, 0.717) is 15.1 Å². The molecule has 1 unspecified atom stereocenters. The normalized spacial score (nSPS) is 15.4. The van der Waals surface area contributed by atoms with E-state index in [0.717, 1.165) is 44.5 Å². The molecule has 4 N–H and O–H groups in total. The lowest BCUT2D eigenvalue weighted by molar-refractivity contribution is -0.153. The standard InChI is InChI=1S/C68H54N8O7S4/c77-56(83-60(45-25-9-1-10-26-45)46-27-11-2-12-28-46)42-82-74-57(53-43-85-66(70-53)72-68(50-35-19-6-20-36-50,51-37-21-7-22-38-51)52-39-23-8-24-40-52)61(78)71-58-62(79)76-59(64(80)81)54(44-84-63(58)76)86-65(87-55-41-69-75-73-55)67(47-29-13-3-14-30-47,48-31-15-4-16-32-48)49-33-17-5-18-34-49/h1-41,43,58,60,63,65H,42,44H2,(H,70,72)(H,71,78)(H,80,81)(H,69,73,75)/b74-57+/t58-,63-,65?/m1/s1. The van der Waals surface area contributed by atoms with Crippen molar-refractivity contribution < 1.29 is 33.9 Å². The lowest BCUT2D eigenvalue weighted by Gasteiger charge is -2.50. The van der Waals surface area contributed by atoms with E-state index in [1.54, 1.807) is 11.6 Å². The van der Waals surface area contributed by atoms with Crippen molar-refractivity contribution >= 4 is 81.2 Å². The number of aromatic nitrogens is 4.